The van der Waals surface area contributed by atoms with Crippen LogP contribution in [0.3, 0.4) is 0 Å². The van der Waals surface area contributed by atoms with Crippen molar-refractivity contribution in [3.05, 3.63) is 29.8 Å². The summed E-state index contributed by atoms with van der Waals surface area (Å²) in [5.74, 6) is 5.47. The molecule has 0 radical (unpaired) electrons. The second-order valence-electron chi connectivity index (χ2n) is 7.73. The number of hydrogen-bond donors (Lipinski definition) is 1. The van der Waals surface area contributed by atoms with Crippen LogP contribution in [0.5, 0.6) is 0 Å². The monoisotopic (exact) mass is 269 g/mol. The van der Waals surface area contributed by atoms with Gasteiger partial charge >= 0.3 is 0 Å². The number of nitrogen functional groups attached to an aromatic ring is 1. The van der Waals surface area contributed by atoms with E-state index in [1.165, 1.54) is 24.8 Å². The first-order valence-electron chi connectivity index (χ1n) is 8.62. The van der Waals surface area contributed by atoms with Crippen molar-refractivity contribution < 1.29 is 0 Å². The van der Waals surface area contributed by atoms with E-state index in [9.17, 15) is 0 Å². The van der Waals surface area contributed by atoms with Gasteiger partial charge in [0.2, 0.25) is 0 Å². The summed E-state index contributed by atoms with van der Waals surface area (Å²) >= 11 is 0. The van der Waals surface area contributed by atoms with E-state index in [1.807, 2.05) is 6.07 Å². The third kappa shape index (κ3) is 2.36. The number of aryl methyl sites for hydroxylation is 1. The molecule has 4 saturated carbocycles. The van der Waals surface area contributed by atoms with E-state index < -0.39 is 0 Å². The van der Waals surface area contributed by atoms with E-state index in [2.05, 4.69) is 18.2 Å². The highest BCUT2D eigenvalue weighted by Crippen LogP contribution is 2.57. The lowest BCUT2D eigenvalue weighted by Crippen LogP contribution is -2.45. The molecule has 0 aromatic heterocycles. The molecule has 1 heteroatoms. The van der Waals surface area contributed by atoms with Gasteiger partial charge in [0.05, 0.1) is 0 Å². The zero-order valence-electron chi connectivity index (χ0n) is 12.4. The van der Waals surface area contributed by atoms with Crippen LogP contribution in [0.4, 0.5) is 5.69 Å². The molecule has 4 fully saturated rings. The van der Waals surface area contributed by atoms with Crippen LogP contribution in [-0.4, -0.2) is 0 Å². The molecule has 0 heterocycles. The first kappa shape index (κ1) is 12.7. The van der Waals surface area contributed by atoms with Gasteiger partial charge in [0.15, 0.2) is 0 Å². The molecular formula is C19H27N. The van der Waals surface area contributed by atoms with E-state index in [-0.39, 0.29) is 0 Å². The summed E-state index contributed by atoms with van der Waals surface area (Å²) in [5.41, 5.74) is 8.21. The summed E-state index contributed by atoms with van der Waals surface area (Å²) in [6.45, 7) is 0. The van der Waals surface area contributed by atoms with Gasteiger partial charge in [-0.15, -0.1) is 0 Å². The van der Waals surface area contributed by atoms with Gasteiger partial charge in [-0.2, -0.15) is 0 Å². The van der Waals surface area contributed by atoms with Gasteiger partial charge in [-0.3, -0.25) is 0 Å². The molecule has 0 atom stereocenters. The third-order valence-corrected chi connectivity index (χ3v) is 6.38. The Hall–Kier alpha value is -0.980. The first-order chi connectivity index (χ1) is 9.78. The molecule has 0 aliphatic heterocycles. The van der Waals surface area contributed by atoms with Gasteiger partial charge < -0.3 is 5.73 Å². The van der Waals surface area contributed by atoms with E-state index in [4.69, 9.17) is 5.73 Å². The van der Waals surface area contributed by atoms with Crippen molar-refractivity contribution in [3.8, 4) is 0 Å². The molecule has 1 nitrogen and oxygen atoms in total. The Balaban J connectivity index is 1.34. The minimum atomic E-state index is 0.914. The number of hydrogen-bond acceptors (Lipinski definition) is 1. The maximum absolute atomic E-state index is 5.87. The third-order valence-electron chi connectivity index (χ3n) is 6.38. The Morgan fingerprint density at radius 1 is 0.950 bits per heavy atom. The zero-order valence-corrected chi connectivity index (χ0v) is 12.4. The SMILES string of the molecule is Nc1cccc(CCCC2C3CC4CC(C3)CC2C4)c1. The molecule has 1 aromatic rings. The van der Waals surface area contributed by atoms with Crippen LogP contribution < -0.4 is 5.73 Å². The highest BCUT2D eigenvalue weighted by Gasteiger charge is 2.47. The lowest BCUT2D eigenvalue weighted by Gasteiger charge is -2.54. The maximum atomic E-state index is 5.87. The lowest BCUT2D eigenvalue weighted by molar-refractivity contribution is -0.0402. The van der Waals surface area contributed by atoms with Gasteiger partial charge in [-0.1, -0.05) is 12.1 Å². The van der Waals surface area contributed by atoms with E-state index in [0.29, 0.717) is 0 Å². The zero-order chi connectivity index (χ0) is 13.5. The summed E-state index contributed by atoms with van der Waals surface area (Å²) in [5, 5.41) is 0. The topological polar surface area (TPSA) is 26.0 Å². The summed E-state index contributed by atoms with van der Waals surface area (Å²) in [7, 11) is 0. The van der Waals surface area contributed by atoms with Crippen LogP contribution in [0.1, 0.15) is 50.5 Å². The van der Waals surface area contributed by atoms with Crippen LogP contribution in [0.15, 0.2) is 24.3 Å². The van der Waals surface area contributed by atoms with Crippen molar-refractivity contribution >= 4 is 5.69 Å². The minimum Gasteiger partial charge on any atom is -0.399 e. The lowest BCUT2D eigenvalue weighted by atomic mass is 9.51. The molecule has 4 aliphatic carbocycles. The standard InChI is InChI=1S/C19H27N/c20-18-5-1-3-13(12-18)4-2-6-19-16-8-14-7-15(10-16)11-17(19)9-14/h1,3,5,12,14-17,19H,2,4,6-11,20H2. The van der Waals surface area contributed by atoms with Crippen LogP contribution in [0.2, 0.25) is 0 Å². The number of benzene rings is 1. The van der Waals surface area contributed by atoms with E-state index in [1.54, 1.807) is 32.1 Å². The normalized spacial score (nSPS) is 38.3. The molecule has 5 rings (SSSR count). The first-order valence-corrected chi connectivity index (χ1v) is 8.62. The van der Waals surface area contributed by atoms with Crippen molar-refractivity contribution in [2.45, 2.75) is 51.4 Å². The minimum absolute atomic E-state index is 0.914. The van der Waals surface area contributed by atoms with E-state index >= 15 is 0 Å². The summed E-state index contributed by atoms with van der Waals surface area (Å²) in [4.78, 5) is 0. The maximum Gasteiger partial charge on any atom is 0.0316 e. The predicted molar refractivity (Wildman–Crippen MR) is 84.3 cm³/mol. The number of rotatable bonds is 4. The highest BCUT2D eigenvalue weighted by atomic mass is 14.5. The summed E-state index contributed by atoms with van der Waals surface area (Å²) < 4.78 is 0. The fourth-order valence-corrected chi connectivity index (χ4v) is 5.80. The largest absolute Gasteiger partial charge is 0.399 e. The van der Waals surface area contributed by atoms with Crippen LogP contribution >= 0.6 is 0 Å². The molecule has 0 saturated heterocycles. The molecule has 20 heavy (non-hydrogen) atoms. The average Bonchev–Trinajstić information content (AvgIpc) is 2.41. The molecule has 4 bridgehead atoms. The van der Waals surface area contributed by atoms with Crippen molar-refractivity contribution in [3.63, 3.8) is 0 Å². The van der Waals surface area contributed by atoms with Gasteiger partial charge in [0.25, 0.3) is 0 Å². The molecule has 1 aromatic carbocycles. The quantitative estimate of drug-likeness (QED) is 0.790. The van der Waals surface area contributed by atoms with Crippen molar-refractivity contribution in [1.82, 2.24) is 0 Å². The fourth-order valence-electron chi connectivity index (χ4n) is 5.80. The van der Waals surface area contributed by atoms with Crippen LogP contribution in [0.25, 0.3) is 0 Å². The Bertz CT molecular complexity index is 450. The van der Waals surface area contributed by atoms with Crippen molar-refractivity contribution in [2.24, 2.45) is 29.6 Å². The predicted octanol–water partition coefficient (Wildman–Crippen LogP) is 4.66. The number of nitrogens with two attached hydrogens (primary N) is 1. The fraction of sp³-hybridized carbons (Fsp3) is 0.684. The Morgan fingerprint density at radius 3 is 2.30 bits per heavy atom. The number of anilines is 1. The highest BCUT2D eigenvalue weighted by molar-refractivity contribution is 5.40. The molecule has 0 unspecified atom stereocenters. The van der Waals surface area contributed by atoms with Crippen molar-refractivity contribution in [1.29, 1.82) is 0 Å². The van der Waals surface area contributed by atoms with Gasteiger partial charge in [0, 0.05) is 5.69 Å². The second-order valence-corrected chi connectivity index (χ2v) is 7.73. The smallest absolute Gasteiger partial charge is 0.0316 e. The Morgan fingerprint density at radius 2 is 1.65 bits per heavy atom. The van der Waals surface area contributed by atoms with Crippen molar-refractivity contribution in [2.75, 3.05) is 5.73 Å². The molecular weight excluding hydrogens is 242 g/mol. The molecule has 2 N–H and O–H groups in total. The second kappa shape index (κ2) is 5.09. The average molecular weight is 269 g/mol. The van der Waals surface area contributed by atoms with Crippen LogP contribution in [-0.2, 0) is 6.42 Å². The molecule has 108 valence electrons. The molecule has 0 amide bonds. The summed E-state index contributed by atoms with van der Waals surface area (Å²) in [6, 6.07) is 8.46. The van der Waals surface area contributed by atoms with Gasteiger partial charge in [-0.25, -0.2) is 0 Å². The summed E-state index contributed by atoms with van der Waals surface area (Å²) in [6.07, 6.45) is 11.9. The Labute approximate surface area is 122 Å². The van der Waals surface area contributed by atoms with Crippen LogP contribution in [0, 0.1) is 29.6 Å². The molecule has 4 aliphatic rings. The Kier molecular flexibility index (Phi) is 3.24. The van der Waals surface area contributed by atoms with Gasteiger partial charge in [-0.05, 0) is 98.7 Å². The van der Waals surface area contributed by atoms with Gasteiger partial charge in [0.1, 0.15) is 0 Å². The molecule has 0 spiro atoms. The van der Waals surface area contributed by atoms with E-state index in [0.717, 1.165) is 35.3 Å².